The number of halogens is 1. The summed E-state index contributed by atoms with van der Waals surface area (Å²) in [4.78, 5) is 4.13. The standard InChI is InChI=1S/C44H45FN2O7S/c1-46-35(8-5-9-36(49)29-14-19-32(45)20-15-29)39(47(44(46)55)33-21-16-27(17-22-33)26-6-3-2-4-7-26)34-23-18-31(24-37(34)50)28-10-12-30(13-11-28)43-42(53)41(52)40(51)38(25-48)54-43/h2-4,6-7,10-24,35-36,38-43,48-53H,5,8-9,25H2,1H3. The van der Waals surface area contributed by atoms with E-state index in [2.05, 4.69) is 34.1 Å². The van der Waals surface area contributed by atoms with Crippen molar-refractivity contribution >= 4 is 23.0 Å². The predicted molar refractivity (Wildman–Crippen MR) is 213 cm³/mol. The average Bonchev–Trinajstić information content (AvgIpc) is 3.45. The monoisotopic (exact) mass is 764 g/mol. The van der Waals surface area contributed by atoms with Gasteiger partial charge in [-0.3, -0.25) is 0 Å². The van der Waals surface area contributed by atoms with Gasteiger partial charge in [0.05, 0.1) is 24.8 Å². The molecule has 0 amide bonds. The molecule has 0 bridgehead atoms. The molecule has 0 aliphatic carbocycles. The van der Waals surface area contributed by atoms with Crippen LogP contribution < -0.4 is 4.90 Å². The number of thiocarbonyl (C=S) groups is 1. The average molecular weight is 765 g/mol. The molecule has 6 N–H and O–H groups in total. The number of ether oxygens (including phenoxy) is 1. The topological polar surface area (TPSA) is 137 Å². The molecule has 5 aromatic rings. The molecule has 11 heteroatoms. The molecule has 2 heterocycles. The number of aliphatic hydroxyl groups is 5. The van der Waals surface area contributed by atoms with Crippen molar-refractivity contribution in [3.63, 3.8) is 0 Å². The van der Waals surface area contributed by atoms with Crippen LogP contribution in [0.25, 0.3) is 22.3 Å². The molecule has 5 aromatic carbocycles. The molecule has 2 aliphatic heterocycles. The molecular formula is C44H45FN2O7S. The number of phenolic OH excluding ortho intramolecular Hbond substituents is 1. The van der Waals surface area contributed by atoms with E-state index in [1.165, 1.54) is 12.1 Å². The highest BCUT2D eigenvalue weighted by molar-refractivity contribution is 7.80. The molecule has 8 atom stereocenters. The smallest absolute Gasteiger partial charge is 0.176 e. The van der Waals surface area contributed by atoms with E-state index in [1.807, 2.05) is 61.6 Å². The SMILES string of the molecule is CN1C(=S)N(c2ccc(-c3ccccc3)cc2)C(c2ccc(-c3ccc(C4OC(CO)C(O)C(O)C4O)cc3)cc2O)C1CCCC(O)c1ccc(F)cc1. The first-order valence-corrected chi connectivity index (χ1v) is 18.9. The van der Waals surface area contributed by atoms with Gasteiger partial charge >= 0.3 is 0 Å². The van der Waals surface area contributed by atoms with E-state index in [9.17, 15) is 35.0 Å². The van der Waals surface area contributed by atoms with E-state index < -0.39 is 43.2 Å². The summed E-state index contributed by atoms with van der Waals surface area (Å²) in [5.74, 6) is -0.270. The van der Waals surface area contributed by atoms with Gasteiger partial charge in [0.1, 0.15) is 42.1 Å². The van der Waals surface area contributed by atoms with Crippen LogP contribution in [-0.2, 0) is 4.74 Å². The second-order valence-corrected chi connectivity index (χ2v) is 14.7. The van der Waals surface area contributed by atoms with Crippen LogP contribution in [-0.4, -0.2) is 84.8 Å². The van der Waals surface area contributed by atoms with Crippen LogP contribution in [0, 0.1) is 5.82 Å². The van der Waals surface area contributed by atoms with Crippen LogP contribution in [0.2, 0.25) is 0 Å². The van der Waals surface area contributed by atoms with Crippen LogP contribution in [0.3, 0.4) is 0 Å². The van der Waals surface area contributed by atoms with Crippen molar-refractivity contribution in [2.24, 2.45) is 0 Å². The molecule has 9 nitrogen and oxygen atoms in total. The first-order chi connectivity index (χ1) is 26.5. The number of hydrogen-bond donors (Lipinski definition) is 6. The molecule has 0 saturated carbocycles. The largest absolute Gasteiger partial charge is 0.508 e. The third-order valence-electron chi connectivity index (χ3n) is 10.9. The fraction of sp³-hybridized carbons (Fsp3) is 0.295. The van der Waals surface area contributed by atoms with E-state index in [4.69, 9.17) is 17.0 Å². The fourth-order valence-electron chi connectivity index (χ4n) is 7.82. The van der Waals surface area contributed by atoms with Gasteiger partial charge in [-0.05, 0) is 95.2 Å². The Bertz CT molecular complexity index is 2070. The zero-order valence-corrected chi connectivity index (χ0v) is 31.1. The minimum absolute atomic E-state index is 0.0841. The van der Waals surface area contributed by atoms with E-state index in [0.29, 0.717) is 41.1 Å². The molecule has 2 saturated heterocycles. The fourth-order valence-corrected chi connectivity index (χ4v) is 8.17. The molecule has 0 aromatic heterocycles. The first kappa shape index (κ1) is 38.6. The molecule has 2 fully saturated rings. The van der Waals surface area contributed by atoms with Crippen LogP contribution in [0.1, 0.15) is 54.2 Å². The number of aliphatic hydroxyl groups excluding tert-OH is 5. The second-order valence-electron chi connectivity index (χ2n) is 14.3. The maximum absolute atomic E-state index is 13.5. The summed E-state index contributed by atoms with van der Waals surface area (Å²) < 4.78 is 19.2. The highest BCUT2D eigenvalue weighted by Crippen LogP contribution is 2.45. The zero-order chi connectivity index (χ0) is 38.8. The van der Waals surface area contributed by atoms with Gasteiger partial charge in [0.15, 0.2) is 5.11 Å². The van der Waals surface area contributed by atoms with E-state index in [1.54, 1.807) is 30.3 Å². The molecule has 0 spiro atoms. The summed E-state index contributed by atoms with van der Waals surface area (Å²) in [5.41, 5.74) is 6.47. The maximum atomic E-state index is 13.5. The lowest BCUT2D eigenvalue weighted by molar-refractivity contribution is -0.231. The molecule has 286 valence electrons. The lowest BCUT2D eigenvalue weighted by Gasteiger charge is -2.40. The van der Waals surface area contributed by atoms with Crippen molar-refractivity contribution in [2.75, 3.05) is 18.6 Å². The summed E-state index contributed by atoms with van der Waals surface area (Å²) in [6, 6.07) is 36.4. The lowest BCUT2D eigenvalue weighted by atomic mass is 9.89. The quantitative estimate of drug-likeness (QED) is 0.0836. The van der Waals surface area contributed by atoms with Crippen molar-refractivity contribution in [3.8, 4) is 28.0 Å². The van der Waals surface area contributed by atoms with Gasteiger partial charge in [0.25, 0.3) is 0 Å². The molecular weight excluding hydrogens is 720 g/mol. The van der Waals surface area contributed by atoms with Crippen molar-refractivity contribution in [3.05, 3.63) is 144 Å². The summed E-state index contributed by atoms with van der Waals surface area (Å²) in [6.07, 6.45) is -5.27. The summed E-state index contributed by atoms with van der Waals surface area (Å²) in [5, 5.41) is 64.0. The maximum Gasteiger partial charge on any atom is 0.176 e. The summed E-state index contributed by atoms with van der Waals surface area (Å²) in [7, 11) is 1.96. The number of benzene rings is 5. The van der Waals surface area contributed by atoms with Crippen molar-refractivity contribution in [1.82, 2.24) is 4.90 Å². The van der Waals surface area contributed by atoms with Crippen LogP contribution in [0.4, 0.5) is 10.1 Å². The van der Waals surface area contributed by atoms with E-state index in [-0.39, 0.29) is 23.7 Å². The summed E-state index contributed by atoms with van der Waals surface area (Å²) in [6.45, 7) is -0.512. The number of rotatable bonds is 11. The molecule has 8 unspecified atom stereocenters. The van der Waals surface area contributed by atoms with Gasteiger partial charge in [0.2, 0.25) is 0 Å². The first-order valence-electron chi connectivity index (χ1n) is 18.4. The highest BCUT2D eigenvalue weighted by Gasteiger charge is 2.45. The lowest BCUT2D eigenvalue weighted by Crippen LogP contribution is -2.55. The van der Waals surface area contributed by atoms with Gasteiger partial charge in [-0.25, -0.2) is 4.39 Å². The number of nitrogens with zero attached hydrogens (tertiary/aromatic N) is 2. The van der Waals surface area contributed by atoms with Crippen LogP contribution in [0.15, 0.2) is 121 Å². The van der Waals surface area contributed by atoms with Gasteiger partial charge in [-0.2, -0.15) is 0 Å². The van der Waals surface area contributed by atoms with Gasteiger partial charge in [0, 0.05) is 18.3 Å². The van der Waals surface area contributed by atoms with E-state index in [0.717, 1.165) is 27.9 Å². The Hall–Kier alpha value is -4.72. The van der Waals surface area contributed by atoms with Crippen LogP contribution in [0.5, 0.6) is 5.75 Å². The van der Waals surface area contributed by atoms with Crippen molar-refractivity contribution < 1.29 is 39.8 Å². The van der Waals surface area contributed by atoms with Crippen LogP contribution >= 0.6 is 12.2 Å². The number of likely N-dealkylation sites (N-methyl/N-ethyl adjacent to an activating group) is 1. The normalized spacial score (nSPS) is 24.6. The third kappa shape index (κ3) is 7.87. The third-order valence-corrected chi connectivity index (χ3v) is 11.4. The van der Waals surface area contributed by atoms with Gasteiger partial charge < -0.3 is 45.2 Å². The number of aromatic hydroxyl groups is 1. The number of hydrogen-bond acceptors (Lipinski definition) is 8. The Labute approximate surface area is 325 Å². The Morgan fingerprint density at radius 2 is 1.38 bits per heavy atom. The van der Waals surface area contributed by atoms with Crippen molar-refractivity contribution in [2.45, 2.75) is 68.0 Å². The Balaban J connectivity index is 1.17. The van der Waals surface area contributed by atoms with Gasteiger partial charge in [-0.15, -0.1) is 0 Å². The molecule has 55 heavy (non-hydrogen) atoms. The second kappa shape index (κ2) is 16.6. The van der Waals surface area contributed by atoms with E-state index >= 15 is 0 Å². The summed E-state index contributed by atoms with van der Waals surface area (Å²) >= 11 is 6.08. The van der Waals surface area contributed by atoms with Gasteiger partial charge in [-0.1, -0.05) is 91.0 Å². The number of anilines is 1. The predicted octanol–water partition coefficient (Wildman–Crippen LogP) is 6.43. The Kier molecular flexibility index (Phi) is 11.6. The minimum Gasteiger partial charge on any atom is -0.508 e. The minimum atomic E-state index is -1.48. The Morgan fingerprint density at radius 3 is 2.04 bits per heavy atom. The molecule has 7 rings (SSSR count). The molecule has 0 radical (unpaired) electrons. The Morgan fingerprint density at radius 1 is 0.764 bits per heavy atom. The molecule has 2 aliphatic rings. The zero-order valence-electron chi connectivity index (χ0n) is 30.3. The van der Waals surface area contributed by atoms with Crippen molar-refractivity contribution in [1.29, 1.82) is 0 Å². The highest BCUT2D eigenvalue weighted by atomic mass is 32.1. The number of phenols is 1.